The van der Waals surface area contributed by atoms with Gasteiger partial charge in [0.15, 0.2) is 5.76 Å². The molecule has 2 aromatic carbocycles. The zero-order valence-electron chi connectivity index (χ0n) is 14.4. The van der Waals surface area contributed by atoms with E-state index in [0.717, 1.165) is 24.0 Å². The smallest absolute Gasteiger partial charge is 0.314 e. The first-order chi connectivity index (χ1) is 12.6. The summed E-state index contributed by atoms with van der Waals surface area (Å²) in [6.07, 6.45) is 7.13. The number of carbonyl (C=O) groups excluding carboxylic acids is 2. The van der Waals surface area contributed by atoms with Gasteiger partial charge in [-0.3, -0.25) is 9.59 Å². The fourth-order valence-corrected chi connectivity index (χ4v) is 2.88. The van der Waals surface area contributed by atoms with Crippen LogP contribution in [0.5, 0.6) is 11.5 Å². The van der Waals surface area contributed by atoms with E-state index in [9.17, 15) is 9.59 Å². The van der Waals surface area contributed by atoms with Crippen molar-refractivity contribution in [3.05, 3.63) is 77.1 Å². The maximum Gasteiger partial charge on any atom is 0.314 e. The molecule has 0 N–H and O–H groups in total. The van der Waals surface area contributed by atoms with E-state index >= 15 is 0 Å². The molecule has 0 atom stereocenters. The molecule has 130 valence electrons. The summed E-state index contributed by atoms with van der Waals surface area (Å²) in [5, 5.41) is 0. The Morgan fingerprint density at radius 1 is 1.19 bits per heavy atom. The van der Waals surface area contributed by atoms with Crippen molar-refractivity contribution < 1.29 is 19.1 Å². The second-order valence-electron chi connectivity index (χ2n) is 6.54. The van der Waals surface area contributed by atoms with Crippen molar-refractivity contribution in [3.63, 3.8) is 0 Å². The molecular weight excluding hydrogens is 328 g/mol. The summed E-state index contributed by atoms with van der Waals surface area (Å²) < 4.78 is 11.1. The molecule has 1 saturated carbocycles. The molecular formula is C22H18O4. The van der Waals surface area contributed by atoms with E-state index in [1.165, 1.54) is 0 Å². The molecule has 0 aromatic heterocycles. The normalized spacial score (nSPS) is 17.4. The third kappa shape index (κ3) is 3.31. The number of ketones is 1. The standard InChI is InChI=1S/C22H18O4/c1-14-12-17(25-22(24)16-10-11-16)13-19-20(14)21(23)18(26-19)9-5-8-15-6-3-2-4-7-15/h2-9,12-13,16H,10-11H2,1H3/b8-5+,18-9-. The molecule has 1 heterocycles. The lowest BCUT2D eigenvalue weighted by molar-refractivity contribution is -0.135. The Balaban J connectivity index is 1.54. The van der Waals surface area contributed by atoms with Gasteiger partial charge in [0.1, 0.15) is 11.5 Å². The monoisotopic (exact) mass is 346 g/mol. The summed E-state index contributed by atoms with van der Waals surface area (Å²) in [6, 6.07) is 13.1. The fourth-order valence-electron chi connectivity index (χ4n) is 2.88. The third-order valence-corrected chi connectivity index (χ3v) is 4.41. The van der Waals surface area contributed by atoms with E-state index in [2.05, 4.69) is 0 Å². The van der Waals surface area contributed by atoms with Crippen molar-refractivity contribution in [3.8, 4) is 11.5 Å². The molecule has 1 aliphatic carbocycles. The van der Waals surface area contributed by atoms with Crippen molar-refractivity contribution in [2.45, 2.75) is 19.8 Å². The van der Waals surface area contributed by atoms with Crippen LogP contribution in [-0.4, -0.2) is 11.8 Å². The fraction of sp³-hybridized carbons (Fsp3) is 0.182. The van der Waals surface area contributed by atoms with Gasteiger partial charge in [-0.25, -0.2) is 0 Å². The first-order valence-electron chi connectivity index (χ1n) is 8.64. The van der Waals surface area contributed by atoms with Crippen LogP contribution in [0.4, 0.5) is 0 Å². The second-order valence-corrected chi connectivity index (χ2v) is 6.54. The molecule has 1 fully saturated rings. The summed E-state index contributed by atoms with van der Waals surface area (Å²) in [6.45, 7) is 1.82. The number of esters is 1. The van der Waals surface area contributed by atoms with E-state index in [0.29, 0.717) is 17.1 Å². The van der Waals surface area contributed by atoms with E-state index < -0.39 is 0 Å². The number of carbonyl (C=O) groups is 2. The molecule has 4 heteroatoms. The number of ether oxygens (including phenoxy) is 2. The molecule has 0 spiro atoms. The molecule has 0 amide bonds. The van der Waals surface area contributed by atoms with Crippen LogP contribution in [0.3, 0.4) is 0 Å². The van der Waals surface area contributed by atoms with Gasteiger partial charge in [0.25, 0.3) is 0 Å². The van der Waals surface area contributed by atoms with Crippen molar-refractivity contribution in [1.82, 2.24) is 0 Å². The highest BCUT2D eigenvalue weighted by Crippen LogP contribution is 2.38. The van der Waals surface area contributed by atoms with E-state index in [1.807, 2.05) is 43.3 Å². The quantitative estimate of drug-likeness (QED) is 0.465. The van der Waals surface area contributed by atoms with Gasteiger partial charge in [-0.05, 0) is 43.0 Å². The van der Waals surface area contributed by atoms with Gasteiger partial charge in [-0.2, -0.15) is 0 Å². The summed E-state index contributed by atoms with van der Waals surface area (Å²) in [4.78, 5) is 24.4. The molecule has 1 aliphatic heterocycles. The van der Waals surface area contributed by atoms with Crippen molar-refractivity contribution in [2.24, 2.45) is 5.92 Å². The van der Waals surface area contributed by atoms with E-state index in [1.54, 1.807) is 24.3 Å². The largest absolute Gasteiger partial charge is 0.452 e. The highest BCUT2D eigenvalue weighted by molar-refractivity contribution is 6.13. The van der Waals surface area contributed by atoms with Gasteiger partial charge in [-0.1, -0.05) is 42.5 Å². The van der Waals surface area contributed by atoms with E-state index in [-0.39, 0.29) is 23.4 Å². The Bertz CT molecular complexity index is 934. The Hall–Kier alpha value is -3.14. The number of fused-ring (bicyclic) bond motifs is 1. The van der Waals surface area contributed by atoms with Crippen LogP contribution in [0.15, 0.2) is 60.4 Å². The molecule has 0 saturated heterocycles. The maximum absolute atomic E-state index is 12.6. The zero-order valence-corrected chi connectivity index (χ0v) is 14.4. The van der Waals surface area contributed by atoms with Crippen LogP contribution < -0.4 is 9.47 Å². The van der Waals surface area contributed by atoms with Crippen molar-refractivity contribution >= 4 is 17.8 Å². The number of rotatable bonds is 4. The average molecular weight is 346 g/mol. The number of allylic oxidation sites excluding steroid dienone is 3. The SMILES string of the molecule is Cc1cc(OC(=O)C2CC2)cc2c1C(=O)/C(=C/C=C/c1ccccc1)O2. The Morgan fingerprint density at radius 2 is 1.96 bits per heavy atom. The predicted octanol–water partition coefficient (Wildman–Crippen LogP) is 4.48. The summed E-state index contributed by atoms with van der Waals surface area (Å²) in [5.41, 5.74) is 2.30. The lowest BCUT2D eigenvalue weighted by Gasteiger charge is -2.07. The van der Waals surface area contributed by atoms with E-state index in [4.69, 9.17) is 9.47 Å². The topological polar surface area (TPSA) is 52.6 Å². The number of hydrogen-bond donors (Lipinski definition) is 0. The van der Waals surface area contributed by atoms with Gasteiger partial charge >= 0.3 is 5.97 Å². The second kappa shape index (κ2) is 6.64. The first-order valence-corrected chi connectivity index (χ1v) is 8.64. The predicted molar refractivity (Wildman–Crippen MR) is 98.1 cm³/mol. The maximum atomic E-state index is 12.6. The van der Waals surface area contributed by atoms with Crippen molar-refractivity contribution in [2.75, 3.05) is 0 Å². The summed E-state index contributed by atoms with van der Waals surface area (Å²) in [5.74, 6) is 0.774. The van der Waals surface area contributed by atoms with Crippen LogP contribution in [0, 0.1) is 12.8 Å². The highest BCUT2D eigenvalue weighted by atomic mass is 16.5. The molecule has 4 rings (SSSR count). The highest BCUT2D eigenvalue weighted by Gasteiger charge is 2.33. The minimum Gasteiger partial charge on any atom is -0.452 e. The van der Waals surface area contributed by atoms with Crippen LogP contribution in [0.1, 0.15) is 34.3 Å². The molecule has 0 bridgehead atoms. The molecule has 0 radical (unpaired) electrons. The number of benzene rings is 2. The van der Waals surface area contributed by atoms with Crippen LogP contribution in [0.2, 0.25) is 0 Å². The Labute approximate surface area is 151 Å². The van der Waals surface area contributed by atoms with Crippen LogP contribution >= 0.6 is 0 Å². The van der Waals surface area contributed by atoms with Gasteiger partial charge in [0.2, 0.25) is 5.78 Å². The average Bonchev–Trinajstić information content (AvgIpc) is 3.42. The first kappa shape index (κ1) is 16.3. The van der Waals surface area contributed by atoms with Gasteiger partial charge < -0.3 is 9.47 Å². The minimum absolute atomic E-state index is 0.0182. The number of aryl methyl sites for hydroxylation is 1. The molecule has 2 aromatic rings. The summed E-state index contributed by atoms with van der Waals surface area (Å²) in [7, 11) is 0. The Morgan fingerprint density at radius 3 is 2.69 bits per heavy atom. The van der Waals surface area contributed by atoms with Gasteiger partial charge in [0.05, 0.1) is 11.5 Å². The lowest BCUT2D eigenvalue weighted by atomic mass is 10.0. The lowest BCUT2D eigenvalue weighted by Crippen LogP contribution is -2.10. The van der Waals surface area contributed by atoms with Gasteiger partial charge in [-0.15, -0.1) is 0 Å². The van der Waals surface area contributed by atoms with Gasteiger partial charge in [0, 0.05) is 6.07 Å². The molecule has 0 unspecified atom stereocenters. The molecule has 26 heavy (non-hydrogen) atoms. The van der Waals surface area contributed by atoms with Crippen LogP contribution in [0.25, 0.3) is 6.08 Å². The molecule has 4 nitrogen and oxygen atoms in total. The minimum atomic E-state index is -0.213. The van der Waals surface area contributed by atoms with Crippen molar-refractivity contribution in [1.29, 1.82) is 0 Å². The molecule has 2 aliphatic rings. The zero-order chi connectivity index (χ0) is 18.1. The summed E-state index contributed by atoms with van der Waals surface area (Å²) >= 11 is 0. The third-order valence-electron chi connectivity index (χ3n) is 4.41. The Kier molecular flexibility index (Phi) is 4.17. The number of Topliss-reactive ketones (excluding diaryl/α,β-unsaturated/α-hetero) is 1. The van der Waals surface area contributed by atoms with Crippen LogP contribution in [-0.2, 0) is 4.79 Å². The number of hydrogen-bond acceptors (Lipinski definition) is 4.